The topological polar surface area (TPSA) is 103 Å². The van der Waals surface area contributed by atoms with Crippen LogP contribution in [-0.2, 0) is 16.0 Å². The molecule has 1 aliphatic carbocycles. The summed E-state index contributed by atoms with van der Waals surface area (Å²) in [6.07, 6.45) is 2.90. The molecule has 0 unspecified atom stereocenters. The molecule has 2 amide bonds. The molecule has 0 atom stereocenters. The van der Waals surface area contributed by atoms with Crippen LogP contribution in [0.5, 0.6) is 11.5 Å². The smallest absolute Gasteiger partial charge is 0.258 e. The number of hydrogen-bond acceptors (Lipinski definition) is 5. The molecule has 2 aromatic rings. The zero-order chi connectivity index (χ0) is 19.9. The molecule has 1 saturated carbocycles. The van der Waals surface area contributed by atoms with E-state index in [9.17, 15) is 9.59 Å². The van der Waals surface area contributed by atoms with Crippen molar-refractivity contribution in [1.29, 1.82) is 0 Å². The Morgan fingerprint density at radius 3 is 2.61 bits per heavy atom. The van der Waals surface area contributed by atoms with Crippen LogP contribution in [-0.4, -0.2) is 31.6 Å². The lowest BCUT2D eigenvalue weighted by Gasteiger charge is -2.13. The van der Waals surface area contributed by atoms with Crippen LogP contribution in [0.3, 0.4) is 0 Å². The Kier molecular flexibility index (Phi) is 6.37. The lowest BCUT2D eigenvalue weighted by molar-refractivity contribution is -0.123. The highest BCUT2D eigenvalue weighted by atomic mass is 16.5. The number of nitrogen functional groups attached to an aromatic ring is 1. The number of para-hydroxylation sites is 1. The molecule has 148 valence electrons. The van der Waals surface area contributed by atoms with Crippen molar-refractivity contribution in [2.45, 2.75) is 31.7 Å². The molecular weight excluding hydrogens is 358 g/mol. The Morgan fingerprint density at radius 2 is 1.89 bits per heavy atom. The minimum atomic E-state index is -0.167. The summed E-state index contributed by atoms with van der Waals surface area (Å²) in [5.74, 6) is 0.595. The number of methoxy groups -OCH3 is 1. The third kappa shape index (κ3) is 5.64. The van der Waals surface area contributed by atoms with Crippen LogP contribution in [0, 0.1) is 0 Å². The monoisotopic (exact) mass is 383 g/mol. The molecule has 0 heterocycles. The first-order chi connectivity index (χ1) is 13.5. The van der Waals surface area contributed by atoms with Crippen LogP contribution in [0.2, 0.25) is 0 Å². The van der Waals surface area contributed by atoms with Gasteiger partial charge in [0.1, 0.15) is 0 Å². The van der Waals surface area contributed by atoms with Gasteiger partial charge in [0.05, 0.1) is 7.11 Å². The summed E-state index contributed by atoms with van der Waals surface area (Å²) in [5, 5.41) is 5.70. The molecule has 3 rings (SSSR count). The number of carbonyl (C=O) groups excluding carboxylic acids is 2. The number of aryl methyl sites for hydroxylation is 1. The quantitative estimate of drug-likeness (QED) is 0.578. The minimum Gasteiger partial charge on any atom is -0.493 e. The zero-order valence-electron chi connectivity index (χ0n) is 15.9. The first-order valence-electron chi connectivity index (χ1n) is 9.28. The molecule has 1 fully saturated rings. The zero-order valence-corrected chi connectivity index (χ0v) is 15.9. The fourth-order valence-electron chi connectivity index (χ4n) is 2.74. The molecule has 0 radical (unpaired) electrons. The highest BCUT2D eigenvalue weighted by Gasteiger charge is 2.23. The van der Waals surface area contributed by atoms with Gasteiger partial charge in [0.2, 0.25) is 5.91 Å². The second-order valence-electron chi connectivity index (χ2n) is 6.74. The Labute approximate surface area is 164 Å². The maximum atomic E-state index is 12.3. The summed E-state index contributed by atoms with van der Waals surface area (Å²) < 4.78 is 10.8. The standard InChI is InChI=1S/C21H25N3O4/c1-27-18-10-9-16(12-19(18)28-13-21(26)23-15-7-8-15)24-20(25)11-6-14-4-2-3-5-17(14)22/h2-5,9-10,12,15H,6-8,11,13,22H2,1H3,(H,23,26)(H,24,25). The van der Waals surface area contributed by atoms with Gasteiger partial charge in [0.25, 0.3) is 5.91 Å². The molecule has 28 heavy (non-hydrogen) atoms. The lowest BCUT2D eigenvalue weighted by atomic mass is 10.1. The summed E-state index contributed by atoms with van der Waals surface area (Å²) >= 11 is 0. The molecular formula is C21H25N3O4. The van der Waals surface area contributed by atoms with Crippen molar-refractivity contribution in [3.63, 3.8) is 0 Å². The molecule has 7 heteroatoms. The van der Waals surface area contributed by atoms with E-state index < -0.39 is 0 Å². The summed E-state index contributed by atoms with van der Waals surface area (Å²) in [7, 11) is 1.52. The molecule has 2 aromatic carbocycles. The van der Waals surface area contributed by atoms with E-state index in [1.165, 1.54) is 7.11 Å². The molecule has 4 N–H and O–H groups in total. The molecule has 0 aromatic heterocycles. The van der Waals surface area contributed by atoms with Crippen molar-refractivity contribution in [3.8, 4) is 11.5 Å². The predicted molar refractivity (Wildman–Crippen MR) is 107 cm³/mol. The third-order valence-electron chi connectivity index (χ3n) is 4.43. The summed E-state index contributed by atoms with van der Waals surface area (Å²) in [4.78, 5) is 24.1. The Bertz CT molecular complexity index is 849. The third-order valence-corrected chi connectivity index (χ3v) is 4.43. The molecule has 0 saturated heterocycles. The van der Waals surface area contributed by atoms with Gasteiger partial charge >= 0.3 is 0 Å². The number of hydrogen-bond donors (Lipinski definition) is 3. The number of anilines is 2. The van der Waals surface area contributed by atoms with E-state index >= 15 is 0 Å². The largest absolute Gasteiger partial charge is 0.493 e. The number of rotatable bonds is 9. The summed E-state index contributed by atoms with van der Waals surface area (Å²) in [6.45, 7) is -0.0997. The van der Waals surface area contributed by atoms with E-state index in [-0.39, 0.29) is 24.5 Å². The summed E-state index contributed by atoms with van der Waals surface area (Å²) in [5.41, 5.74) is 8.10. The van der Waals surface area contributed by atoms with E-state index in [2.05, 4.69) is 10.6 Å². The molecule has 7 nitrogen and oxygen atoms in total. The number of nitrogens with two attached hydrogens (primary N) is 1. The van der Waals surface area contributed by atoms with E-state index in [0.29, 0.717) is 35.7 Å². The van der Waals surface area contributed by atoms with Crippen LogP contribution in [0.4, 0.5) is 11.4 Å². The number of benzene rings is 2. The van der Waals surface area contributed by atoms with E-state index in [1.807, 2.05) is 24.3 Å². The van der Waals surface area contributed by atoms with Crippen LogP contribution in [0.25, 0.3) is 0 Å². The Hall–Kier alpha value is -3.22. The lowest BCUT2D eigenvalue weighted by Crippen LogP contribution is -2.30. The number of carbonyl (C=O) groups is 2. The van der Waals surface area contributed by atoms with Crippen LogP contribution >= 0.6 is 0 Å². The SMILES string of the molecule is COc1ccc(NC(=O)CCc2ccccc2N)cc1OCC(=O)NC1CC1. The number of amides is 2. The van der Waals surface area contributed by atoms with Gasteiger partial charge in [-0.1, -0.05) is 18.2 Å². The van der Waals surface area contributed by atoms with Crippen molar-refractivity contribution in [2.75, 3.05) is 24.8 Å². The predicted octanol–water partition coefficient (Wildman–Crippen LogP) is 2.51. The van der Waals surface area contributed by atoms with Gasteiger partial charge in [-0.3, -0.25) is 9.59 Å². The van der Waals surface area contributed by atoms with Crippen molar-refractivity contribution < 1.29 is 19.1 Å². The first kappa shape index (κ1) is 19.5. The molecule has 0 spiro atoms. The highest BCUT2D eigenvalue weighted by molar-refractivity contribution is 5.91. The second-order valence-corrected chi connectivity index (χ2v) is 6.74. The van der Waals surface area contributed by atoms with E-state index in [4.69, 9.17) is 15.2 Å². The number of nitrogens with one attached hydrogen (secondary N) is 2. The molecule has 0 aliphatic heterocycles. The maximum Gasteiger partial charge on any atom is 0.258 e. The van der Waals surface area contributed by atoms with Crippen molar-refractivity contribution in [1.82, 2.24) is 5.32 Å². The van der Waals surface area contributed by atoms with Crippen LogP contribution in [0.1, 0.15) is 24.8 Å². The van der Waals surface area contributed by atoms with Gasteiger partial charge in [-0.15, -0.1) is 0 Å². The van der Waals surface area contributed by atoms with Gasteiger partial charge < -0.3 is 25.8 Å². The van der Waals surface area contributed by atoms with Crippen molar-refractivity contribution in [3.05, 3.63) is 48.0 Å². The summed E-state index contributed by atoms with van der Waals surface area (Å²) in [6, 6.07) is 12.8. The normalized spacial score (nSPS) is 12.9. The van der Waals surface area contributed by atoms with Crippen LogP contribution < -0.4 is 25.8 Å². The number of ether oxygens (including phenoxy) is 2. The van der Waals surface area contributed by atoms with Gasteiger partial charge in [-0.25, -0.2) is 0 Å². The van der Waals surface area contributed by atoms with Crippen LogP contribution in [0.15, 0.2) is 42.5 Å². The van der Waals surface area contributed by atoms with Gasteiger partial charge in [0.15, 0.2) is 18.1 Å². The van der Waals surface area contributed by atoms with Gasteiger partial charge in [-0.05, 0) is 43.0 Å². The average Bonchev–Trinajstić information content (AvgIpc) is 3.50. The van der Waals surface area contributed by atoms with Gasteiger partial charge in [0, 0.05) is 29.9 Å². The molecule has 1 aliphatic rings. The Balaban J connectivity index is 1.56. The van der Waals surface area contributed by atoms with E-state index in [1.54, 1.807) is 18.2 Å². The molecule has 0 bridgehead atoms. The van der Waals surface area contributed by atoms with Crippen molar-refractivity contribution in [2.24, 2.45) is 0 Å². The highest BCUT2D eigenvalue weighted by Crippen LogP contribution is 2.30. The first-order valence-corrected chi connectivity index (χ1v) is 9.28. The van der Waals surface area contributed by atoms with Gasteiger partial charge in [-0.2, -0.15) is 0 Å². The average molecular weight is 383 g/mol. The fraction of sp³-hybridized carbons (Fsp3) is 0.333. The minimum absolute atomic E-state index is 0.0997. The van der Waals surface area contributed by atoms with E-state index in [0.717, 1.165) is 18.4 Å². The second kappa shape index (κ2) is 9.12. The maximum absolute atomic E-state index is 12.3. The Morgan fingerprint density at radius 1 is 1.11 bits per heavy atom. The fourth-order valence-corrected chi connectivity index (χ4v) is 2.74. The van der Waals surface area contributed by atoms with Crippen molar-refractivity contribution >= 4 is 23.2 Å².